The van der Waals surface area contributed by atoms with Crippen LogP contribution in [0.5, 0.6) is 0 Å². The highest BCUT2D eigenvalue weighted by molar-refractivity contribution is 7.80. The lowest BCUT2D eigenvalue weighted by molar-refractivity contribution is -0.386. The first-order valence-electron chi connectivity index (χ1n) is 28.3. The quantitative estimate of drug-likeness (QED) is 0.0581. The normalized spacial score (nSPS) is 49.5. The average molecular weight is 1180 g/mol. The molecule has 0 radical (unpaired) electrons. The Morgan fingerprint density at radius 1 is 0.765 bits per heavy atom. The van der Waals surface area contributed by atoms with Gasteiger partial charge in [0.15, 0.2) is 25.2 Å². The SMILES string of the molecule is CO[C@@H]1[C@@H](O)[C@H](O[C@@H]2[C@@H](O)[C@H](O[C@H]3[C@H](O)[C@@H](O)[C@H](O[C@H]4[C@H](O[C@H]5CC[C@@]6(C)[C@H](CC=C7[C@@H]6CC[C@]68C(=O)O[C@@](C)(CCC=C(C)C)[C@H]6[C@@H](OC(C)=O)C[C@@]78C)C5(C)C)OC[C@@H](OS(=O)(=O)O)[C@@H]4O)O[C@@H]3C)O[C@H](CO)[C@H]2O)OC[C@H]1O. The zero-order valence-corrected chi connectivity index (χ0v) is 48.5. The fourth-order valence-corrected chi connectivity index (χ4v) is 16.8. The van der Waals surface area contributed by atoms with Crippen LogP contribution < -0.4 is 0 Å². The topological polar surface area (TPSA) is 361 Å². The third kappa shape index (κ3) is 11.1. The molecule has 1 spiro atoms. The minimum atomic E-state index is -5.17. The third-order valence-corrected chi connectivity index (χ3v) is 20.6. The van der Waals surface area contributed by atoms with Gasteiger partial charge < -0.3 is 93.0 Å². The van der Waals surface area contributed by atoms with Crippen LogP contribution in [0.15, 0.2) is 23.3 Å². The van der Waals surface area contributed by atoms with Crippen molar-refractivity contribution >= 4 is 22.3 Å². The van der Waals surface area contributed by atoms with Crippen LogP contribution >= 0.6 is 0 Å². The second kappa shape index (κ2) is 23.4. The third-order valence-electron chi connectivity index (χ3n) is 20.2. The van der Waals surface area contributed by atoms with Crippen LogP contribution in [-0.2, 0) is 76.3 Å². The monoisotopic (exact) mass is 1180 g/mol. The van der Waals surface area contributed by atoms with Crippen molar-refractivity contribution in [2.75, 3.05) is 26.9 Å². The summed E-state index contributed by atoms with van der Waals surface area (Å²) in [5, 5.41) is 88.8. The molecule has 25 nitrogen and oxygen atoms in total. The van der Waals surface area contributed by atoms with Crippen molar-refractivity contribution in [1.82, 2.24) is 0 Å². The molecule has 5 heterocycles. The molecule has 0 unspecified atom stereocenters. The smallest absolute Gasteiger partial charge is 0.397 e. The number of esters is 2. The fourth-order valence-electron chi connectivity index (χ4n) is 16.3. The second-order valence-corrected chi connectivity index (χ2v) is 26.6. The van der Waals surface area contributed by atoms with Gasteiger partial charge in [-0.1, -0.05) is 51.0 Å². The standard InChI is InChI=1S/C55H86O25S/c1-24(2)12-11-17-54(9)45-30(73-26(4)57)20-53(8)28-13-14-33-51(5,6)34(16-18-52(33,7)27(28)15-19-55(45,53)50(65)79-54)75-49-44(36(60)32(23-71-49)80-81(66,67)68)78-47-38(62)37(61)41(25(3)72-47)76-48-40(64)43(35(59)31(21-56)74-48)77-46-39(63)42(69-10)29(58)22-70-46/h12-13,25,27,29-49,56,58-64H,11,14-23H2,1-10H3,(H,66,67,68)/t25-,27+,29-,30+,31-,32-,33-,34+,35-,36+,37-,38-,39-,40-,41-,42+,43+,44-,45-,46+,47+,48+,49+,52-,53+,54+,55-/m1/s1. The summed E-state index contributed by atoms with van der Waals surface area (Å²) >= 11 is 0. The first-order chi connectivity index (χ1) is 37.9. The molecule has 81 heavy (non-hydrogen) atoms. The Hall–Kier alpha value is -2.39. The van der Waals surface area contributed by atoms with E-state index in [1.807, 2.05) is 20.8 Å². The predicted molar refractivity (Wildman–Crippen MR) is 276 cm³/mol. The highest BCUT2D eigenvalue weighted by Gasteiger charge is 2.79. The van der Waals surface area contributed by atoms with E-state index < -0.39 is 174 Å². The van der Waals surface area contributed by atoms with Gasteiger partial charge in [0.2, 0.25) is 0 Å². The van der Waals surface area contributed by atoms with Crippen LogP contribution in [0.25, 0.3) is 0 Å². The van der Waals surface area contributed by atoms with Crippen molar-refractivity contribution in [3.63, 3.8) is 0 Å². The largest absolute Gasteiger partial charge is 0.462 e. The summed E-state index contributed by atoms with van der Waals surface area (Å²) in [5.41, 5.74) is -1.05. The lowest BCUT2D eigenvalue weighted by atomic mass is 9.41. The van der Waals surface area contributed by atoms with Gasteiger partial charge in [0, 0.05) is 19.4 Å². The fraction of sp³-hybridized carbons (Fsp3) is 0.891. The molecule has 0 aromatic rings. The van der Waals surface area contributed by atoms with Gasteiger partial charge in [-0.2, -0.15) is 8.42 Å². The van der Waals surface area contributed by atoms with Crippen LogP contribution in [0.2, 0.25) is 0 Å². The minimum Gasteiger partial charge on any atom is -0.462 e. The van der Waals surface area contributed by atoms with E-state index >= 15 is 0 Å². The number of hydrogen-bond donors (Lipinski definition) is 9. The highest BCUT2D eigenvalue weighted by Crippen LogP contribution is 2.77. The number of allylic oxidation sites excluding steroid dienone is 4. The number of hydrogen-bond acceptors (Lipinski definition) is 24. The van der Waals surface area contributed by atoms with E-state index in [4.69, 9.17) is 56.3 Å². The van der Waals surface area contributed by atoms with Crippen molar-refractivity contribution in [3.05, 3.63) is 23.3 Å². The molecule has 0 aromatic carbocycles. The molecular weight excluding hydrogens is 1090 g/mol. The molecule has 8 fully saturated rings. The zero-order chi connectivity index (χ0) is 59.3. The summed E-state index contributed by atoms with van der Waals surface area (Å²) in [5.74, 6) is -0.977. The van der Waals surface area contributed by atoms with E-state index in [0.29, 0.717) is 51.4 Å². The molecule has 26 heteroatoms. The number of rotatable bonds is 16. The summed E-state index contributed by atoms with van der Waals surface area (Å²) in [7, 11) is -3.92. The number of aliphatic hydroxyl groups excluding tert-OH is 8. The zero-order valence-electron chi connectivity index (χ0n) is 47.7. The van der Waals surface area contributed by atoms with Crippen LogP contribution in [-0.4, -0.2) is 221 Å². The Labute approximate surface area is 472 Å². The molecule has 4 aliphatic carbocycles. The van der Waals surface area contributed by atoms with E-state index in [1.165, 1.54) is 26.5 Å². The number of carbonyl (C=O) groups is 2. The Bertz CT molecular complexity index is 2460. The maximum absolute atomic E-state index is 14.7. The van der Waals surface area contributed by atoms with Gasteiger partial charge in [0.25, 0.3) is 0 Å². The minimum absolute atomic E-state index is 0.0185. The van der Waals surface area contributed by atoms with E-state index in [0.717, 1.165) is 5.57 Å². The summed E-state index contributed by atoms with van der Waals surface area (Å²) in [6, 6.07) is 0. The lowest BCUT2D eigenvalue weighted by Crippen LogP contribution is -2.66. The van der Waals surface area contributed by atoms with Gasteiger partial charge in [0.1, 0.15) is 91.1 Å². The van der Waals surface area contributed by atoms with E-state index in [2.05, 4.69) is 39.8 Å². The molecule has 9 aliphatic rings. The summed E-state index contributed by atoms with van der Waals surface area (Å²) in [4.78, 5) is 27.4. The van der Waals surface area contributed by atoms with Crippen LogP contribution in [0.4, 0.5) is 0 Å². The number of methoxy groups -OCH3 is 1. The first kappa shape index (κ1) is 63.1. The van der Waals surface area contributed by atoms with Crippen molar-refractivity contribution in [2.24, 2.45) is 39.4 Å². The van der Waals surface area contributed by atoms with Gasteiger partial charge in [-0.05, 0) is 102 Å². The van der Waals surface area contributed by atoms with E-state index in [-0.39, 0.29) is 35.7 Å². The maximum Gasteiger partial charge on any atom is 0.397 e. The van der Waals surface area contributed by atoms with Gasteiger partial charge in [0.05, 0.1) is 43.4 Å². The maximum atomic E-state index is 14.7. The van der Waals surface area contributed by atoms with Gasteiger partial charge in [-0.15, -0.1) is 0 Å². The Balaban J connectivity index is 0.918. The molecule has 9 rings (SSSR count). The molecule has 5 aliphatic heterocycles. The molecule has 9 N–H and O–H groups in total. The highest BCUT2D eigenvalue weighted by atomic mass is 32.3. The summed E-state index contributed by atoms with van der Waals surface area (Å²) in [6.45, 7) is 15.7. The summed E-state index contributed by atoms with van der Waals surface area (Å²) < 4.78 is 104. The Kier molecular flexibility index (Phi) is 18.2. The first-order valence-corrected chi connectivity index (χ1v) is 29.7. The summed E-state index contributed by atoms with van der Waals surface area (Å²) in [6.07, 6.45) is -21.4. The van der Waals surface area contributed by atoms with Gasteiger partial charge >= 0.3 is 22.3 Å². The van der Waals surface area contributed by atoms with Crippen LogP contribution in [0.3, 0.4) is 0 Å². The molecular formula is C55H86O25S. The Morgan fingerprint density at radius 3 is 2.07 bits per heavy atom. The average Bonchev–Trinajstić information content (AvgIpc) is 2.21. The number of fused-ring (bicyclic) bond motifs is 4. The predicted octanol–water partition coefficient (Wildman–Crippen LogP) is 0.620. The van der Waals surface area contributed by atoms with Crippen molar-refractivity contribution in [1.29, 1.82) is 0 Å². The van der Waals surface area contributed by atoms with Crippen molar-refractivity contribution < 1.29 is 120 Å². The molecule has 0 amide bonds. The van der Waals surface area contributed by atoms with E-state index in [1.54, 1.807) is 0 Å². The molecule has 0 aromatic heterocycles. The van der Waals surface area contributed by atoms with Crippen molar-refractivity contribution in [2.45, 2.75) is 242 Å². The number of cyclic esters (lactones) is 1. The van der Waals surface area contributed by atoms with Crippen molar-refractivity contribution in [3.8, 4) is 0 Å². The van der Waals surface area contributed by atoms with Gasteiger partial charge in [-0.25, -0.2) is 4.18 Å². The second-order valence-electron chi connectivity index (χ2n) is 25.6. The van der Waals surface area contributed by atoms with Crippen LogP contribution in [0, 0.1) is 39.4 Å². The molecule has 462 valence electrons. The van der Waals surface area contributed by atoms with Gasteiger partial charge in [-0.3, -0.25) is 14.1 Å². The molecule has 0 bridgehead atoms. The molecule has 5 saturated heterocycles. The Morgan fingerprint density at radius 2 is 1.42 bits per heavy atom. The number of carbonyl (C=O) groups excluding carboxylic acids is 2. The molecule has 3 saturated carbocycles. The lowest BCUT2D eigenvalue weighted by Gasteiger charge is -2.64. The number of ether oxygens (including phenoxy) is 11. The van der Waals surface area contributed by atoms with E-state index in [9.17, 15) is 63.4 Å². The van der Waals surface area contributed by atoms with Crippen LogP contribution in [0.1, 0.15) is 114 Å². The number of aliphatic hydroxyl groups is 8. The molecule has 27 atom stereocenters.